The van der Waals surface area contributed by atoms with Gasteiger partial charge in [0.1, 0.15) is 17.1 Å². The van der Waals surface area contributed by atoms with E-state index in [9.17, 15) is 29.1 Å². The second-order valence-corrected chi connectivity index (χ2v) is 11.3. The molecule has 1 aliphatic heterocycles. The van der Waals surface area contributed by atoms with E-state index in [0.717, 1.165) is 12.8 Å². The second-order valence-electron chi connectivity index (χ2n) is 11.3. The summed E-state index contributed by atoms with van der Waals surface area (Å²) in [7, 11) is 0. The van der Waals surface area contributed by atoms with Crippen LogP contribution in [0.25, 0.3) is 0 Å². The Morgan fingerprint density at radius 1 is 1.08 bits per heavy atom. The molecule has 1 heterocycles. The Hall–Kier alpha value is -3.49. The van der Waals surface area contributed by atoms with E-state index in [1.165, 1.54) is 12.2 Å². The van der Waals surface area contributed by atoms with Crippen molar-refractivity contribution in [3.05, 3.63) is 47.8 Å². The van der Waals surface area contributed by atoms with Crippen molar-refractivity contribution in [1.29, 1.82) is 0 Å². The smallest absolute Gasteiger partial charge is 0.303 e. The van der Waals surface area contributed by atoms with Crippen LogP contribution in [0.2, 0.25) is 0 Å². The molecule has 9 heteroatoms. The van der Waals surface area contributed by atoms with Crippen molar-refractivity contribution in [2.75, 3.05) is 0 Å². The van der Waals surface area contributed by atoms with Crippen LogP contribution in [0.1, 0.15) is 46.0 Å². The number of aliphatic hydroxyl groups excluding tert-OH is 1. The Morgan fingerprint density at radius 3 is 2.42 bits per heavy atom. The molecule has 38 heavy (non-hydrogen) atoms. The fraction of sp³-hybridized carbons (Fsp3) is 0.552. The number of carboxylic acids is 1. The Kier molecular flexibility index (Phi) is 8.04. The van der Waals surface area contributed by atoms with Gasteiger partial charge in [0.25, 0.3) is 5.91 Å². The molecule has 204 valence electrons. The number of amides is 2. The van der Waals surface area contributed by atoms with Crippen LogP contribution < -0.4 is 11.1 Å². The zero-order valence-corrected chi connectivity index (χ0v) is 21.7. The summed E-state index contributed by atoms with van der Waals surface area (Å²) < 4.78 is 0. The molecule has 0 aromatic carbocycles. The maximum absolute atomic E-state index is 12.7. The first kappa shape index (κ1) is 27.5. The minimum absolute atomic E-state index is 0.00253. The molecule has 5 N–H and O–H groups in total. The Balaban J connectivity index is 1.57. The number of allylic oxidation sites excluding steroid dienone is 5. The largest absolute Gasteiger partial charge is 0.507 e. The molecular weight excluding hydrogens is 488 g/mol. The molecule has 2 amide bonds. The molecule has 0 spiro atoms. The van der Waals surface area contributed by atoms with Gasteiger partial charge >= 0.3 is 5.97 Å². The van der Waals surface area contributed by atoms with Crippen molar-refractivity contribution in [3.8, 4) is 0 Å². The summed E-state index contributed by atoms with van der Waals surface area (Å²) in [6.07, 6.45) is 12.8. The predicted octanol–water partition coefficient (Wildman–Crippen LogP) is 2.63. The van der Waals surface area contributed by atoms with E-state index in [0.29, 0.717) is 24.2 Å². The molecule has 3 aliphatic carbocycles. The monoisotopic (exact) mass is 524 g/mol. The van der Waals surface area contributed by atoms with E-state index in [4.69, 9.17) is 10.8 Å². The van der Waals surface area contributed by atoms with Crippen molar-refractivity contribution < 1.29 is 34.2 Å². The van der Waals surface area contributed by atoms with Crippen LogP contribution in [-0.2, 0) is 24.0 Å². The summed E-state index contributed by atoms with van der Waals surface area (Å²) in [5.74, 6) is -1.53. The first-order valence-corrected chi connectivity index (χ1v) is 13.3. The van der Waals surface area contributed by atoms with Crippen LogP contribution in [0.3, 0.4) is 0 Å². The summed E-state index contributed by atoms with van der Waals surface area (Å²) >= 11 is 0. The minimum Gasteiger partial charge on any atom is -0.507 e. The van der Waals surface area contributed by atoms with Crippen molar-refractivity contribution in [3.63, 3.8) is 0 Å². The summed E-state index contributed by atoms with van der Waals surface area (Å²) in [4.78, 5) is 59.5. The van der Waals surface area contributed by atoms with Gasteiger partial charge in [0.15, 0.2) is 5.78 Å². The predicted molar refractivity (Wildman–Crippen MR) is 138 cm³/mol. The molecule has 3 fully saturated rings. The lowest BCUT2D eigenvalue weighted by Crippen LogP contribution is -2.31. The van der Waals surface area contributed by atoms with Crippen molar-refractivity contribution in [2.45, 2.75) is 52.0 Å². The third kappa shape index (κ3) is 5.37. The van der Waals surface area contributed by atoms with Crippen LogP contribution in [0.5, 0.6) is 0 Å². The van der Waals surface area contributed by atoms with Gasteiger partial charge in [-0.05, 0) is 86.2 Å². The number of aliphatic carboxylic acids is 1. The van der Waals surface area contributed by atoms with Gasteiger partial charge in [-0.2, -0.15) is 0 Å². The van der Waals surface area contributed by atoms with E-state index in [2.05, 4.69) is 24.4 Å². The lowest BCUT2D eigenvalue weighted by Gasteiger charge is -2.35. The highest BCUT2D eigenvalue weighted by Gasteiger charge is 2.53. The number of fused-ring (bicyclic) bond motifs is 3. The molecule has 0 aromatic rings. The topological polar surface area (TPSA) is 164 Å². The number of Topliss-reactive ketones (excluding diaryl/α,β-unsaturated/α-hetero) is 2. The number of ketones is 2. The van der Waals surface area contributed by atoms with Gasteiger partial charge in [0.2, 0.25) is 5.91 Å². The lowest BCUT2D eigenvalue weighted by molar-refractivity contribution is -0.137. The Labute approximate surface area is 221 Å². The number of hydrogen-bond acceptors (Lipinski definition) is 6. The maximum Gasteiger partial charge on any atom is 0.303 e. The van der Waals surface area contributed by atoms with E-state index in [1.807, 2.05) is 6.08 Å². The highest BCUT2D eigenvalue weighted by Crippen LogP contribution is 2.58. The SMILES string of the molecule is CC(=O)C1C(C)CC2C1C=CC1C(CC=CC(N)=O)C(C=CC(O)=C3C(=O)NC(CCC(=O)O)C3=O)CC12. The van der Waals surface area contributed by atoms with Crippen LogP contribution in [-0.4, -0.2) is 45.6 Å². The summed E-state index contributed by atoms with van der Waals surface area (Å²) in [5, 5.41) is 22.0. The van der Waals surface area contributed by atoms with Crippen molar-refractivity contribution >= 4 is 29.4 Å². The number of nitrogens with one attached hydrogen (secondary N) is 1. The van der Waals surface area contributed by atoms with E-state index >= 15 is 0 Å². The Bertz CT molecular complexity index is 1150. The number of carbonyl (C=O) groups is 5. The zero-order chi connectivity index (χ0) is 27.7. The molecule has 0 radical (unpaired) electrons. The van der Waals surface area contributed by atoms with Gasteiger partial charge < -0.3 is 21.3 Å². The van der Waals surface area contributed by atoms with Crippen LogP contribution in [0.4, 0.5) is 0 Å². The average Bonchev–Trinajstić information content (AvgIpc) is 3.45. The number of aliphatic hydroxyl groups is 1. The van der Waals surface area contributed by atoms with Crippen LogP contribution in [0, 0.1) is 47.3 Å². The molecule has 4 aliphatic rings. The van der Waals surface area contributed by atoms with E-state index in [-0.39, 0.29) is 53.8 Å². The number of nitrogens with two attached hydrogens (primary N) is 1. The maximum atomic E-state index is 12.7. The van der Waals surface area contributed by atoms with Gasteiger partial charge in [0, 0.05) is 12.3 Å². The summed E-state index contributed by atoms with van der Waals surface area (Å²) in [5.41, 5.74) is 4.93. The number of hydrogen-bond donors (Lipinski definition) is 4. The highest BCUT2D eigenvalue weighted by atomic mass is 16.4. The van der Waals surface area contributed by atoms with Gasteiger partial charge in [-0.15, -0.1) is 0 Å². The lowest BCUT2D eigenvalue weighted by atomic mass is 9.69. The normalized spacial score (nSPS) is 37.5. The third-order valence-corrected chi connectivity index (χ3v) is 9.01. The van der Waals surface area contributed by atoms with Crippen molar-refractivity contribution in [1.82, 2.24) is 5.32 Å². The molecule has 9 atom stereocenters. The Morgan fingerprint density at radius 2 is 1.76 bits per heavy atom. The third-order valence-electron chi connectivity index (χ3n) is 9.01. The number of carbonyl (C=O) groups excluding carboxylic acids is 4. The molecular formula is C29H36N2O7. The van der Waals surface area contributed by atoms with Gasteiger partial charge in [-0.25, -0.2) is 0 Å². The number of carboxylic acid groups (broad SMARTS) is 1. The van der Waals surface area contributed by atoms with Crippen LogP contribution in [0.15, 0.2) is 47.8 Å². The molecule has 4 rings (SSSR count). The van der Waals surface area contributed by atoms with Gasteiger partial charge in [-0.3, -0.25) is 24.0 Å². The molecule has 2 saturated carbocycles. The minimum atomic E-state index is -1.07. The molecule has 0 aromatic heterocycles. The van der Waals surface area contributed by atoms with Gasteiger partial charge in [0.05, 0.1) is 6.04 Å². The fourth-order valence-corrected chi connectivity index (χ4v) is 7.51. The molecule has 0 bridgehead atoms. The molecule has 9 nitrogen and oxygen atoms in total. The molecule has 1 saturated heterocycles. The van der Waals surface area contributed by atoms with Crippen molar-refractivity contribution in [2.24, 2.45) is 53.1 Å². The molecule has 9 unspecified atom stereocenters. The fourth-order valence-electron chi connectivity index (χ4n) is 7.51. The average molecular weight is 525 g/mol. The summed E-state index contributed by atoms with van der Waals surface area (Å²) in [6.45, 7) is 3.81. The van der Waals surface area contributed by atoms with E-state index in [1.54, 1.807) is 13.0 Å². The highest BCUT2D eigenvalue weighted by molar-refractivity contribution is 6.27. The second kappa shape index (κ2) is 11.1. The number of primary amides is 1. The zero-order valence-electron chi connectivity index (χ0n) is 21.7. The summed E-state index contributed by atoms with van der Waals surface area (Å²) in [6, 6.07) is -0.967. The quantitative estimate of drug-likeness (QED) is 0.156. The first-order chi connectivity index (χ1) is 18.0. The standard InChI is InChI=1S/C29H36N2O7/c1-14-12-20-19(26(14)15(2)32)8-7-18-17(4-3-5-24(30)34)16(13-21(18)20)6-10-23(33)27-28(37)22(31-29(27)38)9-11-25(35)36/h3,5-8,10,14,16-22,26,33H,4,9,11-13H2,1-2H3,(H2,30,34)(H,31,38)(H,35,36). The number of rotatable bonds is 9. The van der Waals surface area contributed by atoms with Crippen LogP contribution >= 0.6 is 0 Å². The first-order valence-electron chi connectivity index (χ1n) is 13.3. The van der Waals surface area contributed by atoms with E-state index < -0.39 is 35.4 Å². The van der Waals surface area contributed by atoms with Gasteiger partial charge in [-0.1, -0.05) is 31.2 Å².